The highest BCUT2D eigenvalue weighted by atomic mass is 14.7. The zero-order valence-corrected chi connectivity index (χ0v) is 7.38. The van der Waals surface area contributed by atoms with Crippen LogP contribution in [0.1, 0.15) is 12.8 Å². The third-order valence-corrected chi connectivity index (χ3v) is 2.64. The van der Waals surface area contributed by atoms with E-state index in [2.05, 4.69) is 41.4 Å². The van der Waals surface area contributed by atoms with Gasteiger partial charge in [0.2, 0.25) is 0 Å². The largest absolute Gasteiger partial charge is 0.355 e. The number of hydrogen-bond donors (Lipinski definition) is 1. The Labute approximate surface area is 76.4 Å². The van der Waals surface area contributed by atoms with E-state index in [1.54, 1.807) is 0 Å². The molecule has 1 heterocycles. The second-order valence-corrected chi connectivity index (χ2v) is 3.48. The summed E-state index contributed by atoms with van der Waals surface area (Å²) in [5, 5.41) is 4.04. The van der Waals surface area contributed by atoms with Crippen molar-refractivity contribution in [2.75, 3.05) is 0 Å². The monoisotopic (exact) mass is 169 g/mol. The molecule has 0 saturated carbocycles. The van der Waals surface area contributed by atoms with E-state index < -0.39 is 0 Å². The van der Waals surface area contributed by atoms with E-state index >= 15 is 0 Å². The van der Waals surface area contributed by atoms with Gasteiger partial charge in [-0.05, 0) is 18.9 Å². The fraction of sp³-hybridized carbons (Fsp3) is 0.167. The number of nitrogens with one attached hydrogen (secondary N) is 1. The Morgan fingerprint density at radius 2 is 1.85 bits per heavy atom. The first-order chi connectivity index (χ1) is 6.45. The summed E-state index contributed by atoms with van der Waals surface area (Å²) in [6, 6.07) is 8.48. The quantitative estimate of drug-likeness (QED) is 0.615. The highest BCUT2D eigenvalue weighted by Crippen LogP contribution is 2.06. The molecular weight excluding hydrogens is 158 g/mol. The Balaban J connectivity index is 2.63. The van der Waals surface area contributed by atoms with E-state index in [0.29, 0.717) is 0 Å². The first kappa shape index (κ1) is 6.96. The summed E-state index contributed by atoms with van der Waals surface area (Å²) in [4.78, 5) is 3.43. The topological polar surface area (TPSA) is 15.8 Å². The predicted octanol–water partition coefficient (Wildman–Crippen LogP) is 1.52. The van der Waals surface area contributed by atoms with E-state index in [-0.39, 0.29) is 0 Å². The molecule has 0 saturated heterocycles. The molecule has 1 N–H and O–H groups in total. The van der Waals surface area contributed by atoms with Crippen molar-refractivity contribution in [3.05, 3.63) is 34.8 Å². The molecule has 0 unspecified atom stereocenters. The normalized spacial score (nSPS) is 14.8. The van der Waals surface area contributed by atoms with Gasteiger partial charge < -0.3 is 4.98 Å². The molecular formula is C12H11N. The molecule has 3 rings (SSSR count). The first-order valence-corrected chi connectivity index (χ1v) is 4.72. The Hall–Kier alpha value is -1.50. The van der Waals surface area contributed by atoms with Crippen molar-refractivity contribution in [1.82, 2.24) is 4.98 Å². The van der Waals surface area contributed by atoms with Crippen molar-refractivity contribution >= 4 is 23.1 Å². The van der Waals surface area contributed by atoms with Gasteiger partial charge >= 0.3 is 0 Å². The van der Waals surface area contributed by atoms with Crippen LogP contribution in [-0.2, 0) is 0 Å². The van der Waals surface area contributed by atoms with Gasteiger partial charge in [0.15, 0.2) is 0 Å². The Kier molecular flexibility index (Phi) is 1.33. The third kappa shape index (κ3) is 0.934. The number of para-hydroxylation sites is 1. The van der Waals surface area contributed by atoms with Gasteiger partial charge in [0, 0.05) is 21.5 Å². The van der Waals surface area contributed by atoms with Crippen LogP contribution in [0, 0.1) is 0 Å². The van der Waals surface area contributed by atoms with Crippen LogP contribution in [0.3, 0.4) is 0 Å². The maximum Gasteiger partial charge on any atom is 0.0464 e. The molecule has 64 valence electrons. The lowest BCUT2D eigenvalue weighted by atomic mass is 10.1. The minimum atomic E-state index is 1.17. The standard InChI is InChI=1S/C12H11N/c1-3-7-11-9(5-1)10-6-2-4-8-12(10)13-11/h1,3,5-8,13H,2,4H2. The van der Waals surface area contributed by atoms with Crippen LogP contribution < -0.4 is 10.6 Å². The molecule has 1 aliphatic rings. The summed E-state index contributed by atoms with van der Waals surface area (Å²) in [5.74, 6) is 0. The zero-order chi connectivity index (χ0) is 8.67. The number of fused-ring (bicyclic) bond motifs is 3. The molecule has 0 bridgehead atoms. The molecule has 1 heteroatoms. The number of rotatable bonds is 0. The summed E-state index contributed by atoms with van der Waals surface area (Å²) in [6.45, 7) is 0. The molecule has 2 aromatic rings. The maximum absolute atomic E-state index is 3.43. The fourth-order valence-electron chi connectivity index (χ4n) is 2.02. The van der Waals surface area contributed by atoms with Crippen LogP contribution in [0.5, 0.6) is 0 Å². The summed E-state index contributed by atoms with van der Waals surface area (Å²) >= 11 is 0. The number of aromatic nitrogens is 1. The van der Waals surface area contributed by atoms with Gasteiger partial charge in [-0.25, -0.2) is 0 Å². The molecule has 13 heavy (non-hydrogen) atoms. The highest BCUT2D eigenvalue weighted by molar-refractivity contribution is 5.81. The summed E-state index contributed by atoms with van der Waals surface area (Å²) in [5.41, 5.74) is 1.25. The molecule has 0 atom stereocenters. The van der Waals surface area contributed by atoms with Crippen molar-refractivity contribution in [2.24, 2.45) is 0 Å². The number of hydrogen-bond acceptors (Lipinski definition) is 0. The predicted molar refractivity (Wildman–Crippen MR) is 55.7 cm³/mol. The van der Waals surface area contributed by atoms with E-state index in [1.165, 1.54) is 34.3 Å². The smallest absolute Gasteiger partial charge is 0.0464 e. The zero-order valence-electron chi connectivity index (χ0n) is 7.38. The molecule has 1 aliphatic carbocycles. The second-order valence-electron chi connectivity index (χ2n) is 3.48. The molecule has 0 spiro atoms. The average Bonchev–Trinajstić information content (AvgIpc) is 2.56. The lowest BCUT2D eigenvalue weighted by Crippen LogP contribution is -2.24. The third-order valence-electron chi connectivity index (χ3n) is 2.64. The number of aromatic amines is 1. The van der Waals surface area contributed by atoms with Gasteiger partial charge in [0.1, 0.15) is 0 Å². The van der Waals surface area contributed by atoms with Gasteiger partial charge in [-0.1, -0.05) is 30.4 Å². The van der Waals surface area contributed by atoms with Crippen LogP contribution in [0.4, 0.5) is 0 Å². The van der Waals surface area contributed by atoms with Gasteiger partial charge in [-0.3, -0.25) is 0 Å². The van der Waals surface area contributed by atoms with Crippen LogP contribution in [0.15, 0.2) is 24.3 Å². The van der Waals surface area contributed by atoms with Crippen molar-refractivity contribution in [1.29, 1.82) is 0 Å². The Bertz CT molecular complexity index is 560. The second kappa shape index (κ2) is 2.49. The van der Waals surface area contributed by atoms with Crippen molar-refractivity contribution in [3.8, 4) is 0 Å². The minimum absolute atomic E-state index is 1.17. The van der Waals surface area contributed by atoms with E-state index in [0.717, 1.165) is 0 Å². The van der Waals surface area contributed by atoms with E-state index in [1.807, 2.05) is 0 Å². The number of benzene rings is 1. The summed E-state index contributed by atoms with van der Waals surface area (Å²) in [6.07, 6.45) is 6.96. The van der Waals surface area contributed by atoms with Crippen LogP contribution in [0.25, 0.3) is 23.1 Å². The lowest BCUT2D eigenvalue weighted by Gasteiger charge is -1.92. The van der Waals surface area contributed by atoms with Crippen LogP contribution >= 0.6 is 0 Å². The first-order valence-electron chi connectivity index (χ1n) is 4.72. The van der Waals surface area contributed by atoms with Crippen molar-refractivity contribution < 1.29 is 0 Å². The fourth-order valence-corrected chi connectivity index (χ4v) is 2.02. The van der Waals surface area contributed by atoms with E-state index in [4.69, 9.17) is 0 Å². The average molecular weight is 169 g/mol. The molecule has 0 radical (unpaired) electrons. The number of H-pyrrole nitrogens is 1. The van der Waals surface area contributed by atoms with Gasteiger partial charge in [-0.15, -0.1) is 0 Å². The SMILES string of the molecule is C1=c2[nH]c3ccccc3c2=CCC1. The van der Waals surface area contributed by atoms with Gasteiger partial charge in [0.05, 0.1) is 0 Å². The summed E-state index contributed by atoms with van der Waals surface area (Å²) < 4.78 is 0. The Morgan fingerprint density at radius 3 is 2.85 bits per heavy atom. The van der Waals surface area contributed by atoms with E-state index in [9.17, 15) is 0 Å². The van der Waals surface area contributed by atoms with Gasteiger partial charge in [-0.2, -0.15) is 0 Å². The van der Waals surface area contributed by atoms with Crippen molar-refractivity contribution in [2.45, 2.75) is 12.8 Å². The maximum atomic E-state index is 3.43. The van der Waals surface area contributed by atoms with Crippen LogP contribution in [-0.4, -0.2) is 4.98 Å². The molecule has 0 aliphatic heterocycles. The highest BCUT2D eigenvalue weighted by Gasteiger charge is 2.00. The van der Waals surface area contributed by atoms with Crippen LogP contribution in [0.2, 0.25) is 0 Å². The lowest BCUT2D eigenvalue weighted by molar-refractivity contribution is 1.11. The van der Waals surface area contributed by atoms with Gasteiger partial charge in [0.25, 0.3) is 0 Å². The molecule has 1 aromatic carbocycles. The molecule has 0 amide bonds. The van der Waals surface area contributed by atoms with Crippen molar-refractivity contribution in [3.63, 3.8) is 0 Å². The summed E-state index contributed by atoms with van der Waals surface area (Å²) in [7, 11) is 0. The Morgan fingerprint density at radius 1 is 1.00 bits per heavy atom. The minimum Gasteiger partial charge on any atom is -0.355 e. The molecule has 1 nitrogen and oxygen atoms in total. The molecule has 0 fully saturated rings. The molecule has 1 aromatic heterocycles.